The maximum atomic E-state index is 12.7. The summed E-state index contributed by atoms with van der Waals surface area (Å²) in [6, 6.07) is 9.69. The zero-order valence-electron chi connectivity index (χ0n) is 13.0. The van der Waals surface area contributed by atoms with Crippen LogP contribution in [0.4, 0.5) is 0 Å². The fourth-order valence-electron chi connectivity index (χ4n) is 2.29. The topological polar surface area (TPSA) is 66.6 Å². The summed E-state index contributed by atoms with van der Waals surface area (Å²) in [5, 5.41) is 0. The van der Waals surface area contributed by atoms with E-state index in [1.54, 1.807) is 7.05 Å². The number of benzene rings is 1. The van der Waals surface area contributed by atoms with Crippen LogP contribution in [0.2, 0.25) is 0 Å². The van der Waals surface area contributed by atoms with Gasteiger partial charge in [0.2, 0.25) is 0 Å². The lowest BCUT2D eigenvalue weighted by molar-refractivity contribution is 0.346. The third-order valence-electron chi connectivity index (χ3n) is 3.75. The molecule has 2 N–H and O–H groups in total. The maximum absolute atomic E-state index is 12.7. The SMILES string of the molecule is CN(CC1CC1)S(=O)(=O)N(CCCN)Cc1ccccc1.Cl. The lowest BCUT2D eigenvalue weighted by Crippen LogP contribution is -2.43. The zero-order chi connectivity index (χ0) is 15.3. The molecule has 0 unspecified atom stereocenters. The fourth-order valence-corrected chi connectivity index (χ4v) is 3.75. The highest BCUT2D eigenvalue weighted by Crippen LogP contribution is 2.30. The van der Waals surface area contributed by atoms with Gasteiger partial charge < -0.3 is 5.73 Å². The summed E-state index contributed by atoms with van der Waals surface area (Å²) in [7, 11) is -1.74. The average Bonchev–Trinajstić information content (AvgIpc) is 3.28. The quantitative estimate of drug-likeness (QED) is 0.741. The van der Waals surface area contributed by atoms with Crippen LogP contribution in [0.1, 0.15) is 24.8 Å². The van der Waals surface area contributed by atoms with E-state index in [2.05, 4.69) is 0 Å². The second kappa shape index (κ2) is 8.84. The van der Waals surface area contributed by atoms with Gasteiger partial charge in [0.15, 0.2) is 0 Å². The molecule has 7 heteroatoms. The molecule has 0 radical (unpaired) electrons. The summed E-state index contributed by atoms with van der Waals surface area (Å²) in [6.07, 6.45) is 2.95. The van der Waals surface area contributed by atoms with Gasteiger partial charge in [-0.2, -0.15) is 17.0 Å². The lowest BCUT2D eigenvalue weighted by Gasteiger charge is -2.27. The summed E-state index contributed by atoms with van der Waals surface area (Å²) < 4.78 is 28.5. The summed E-state index contributed by atoms with van der Waals surface area (Å²) in [6.45, 7) is 1.98. The number of hydrogen-bond acceptors (Lipinski definition) is 3. The van der Waals surface area contributed by atoms with Crippen LogP contribution in [0.25, 0.3) is 0 Å². The molecule has 0 amide bonds. The highest BCUT2D eigenvalue weighted by molar-refractivity contribution is 7.86. The van der Waals surface area contributed by atoms with E-state index in [0.717, 1.165) is 18.4 Å². The van der Waals surface area contributed by atoms with Crippen LogP contribution >= 0.6 is 12.4 Å². The summed E-state index contributed by atoms with van der Waals surface area (Å²) in [5.41, 5.74) is 6.54. The summed E-state index contributed by atoms with van der Waals surface area (Å²) in [4.78, 5) is 0. The van der Waals surface area contributed by atoms with Crippen molar-refractivity contribution in [3.63, 3.8) is 0 Å². The number of hydrogen-bond donors (Lipinski definition) is 1. The smallest absolute Gasteiger partial charge is 0.282 e. The normalized spacial score (nSPS) is 15.1. The molecule has 1 aliphatic carbocycles. The zero-order valence-corrected chi connectivity index (χ0v) is 14.7. The molecule has 0 spiro atoms. The van der Waals surface area contributed by atoms with Crippen molar-refractivity contribution in [2.45, 2.75) is 25.8 Å². The molecule has 1 aliphatic rings. The van der Waals surface area contributed by atoms with E-state index >= 15 is 0 Å². The van der Waals surface area contributed by atoms with Crippen LogP contribution in [0.3, 0.4) is 0 Å². The fraction of sp³-hybridized carbons (Fsp3) is 0.600. The van der Waals surface area contributed by atoms with Gasteiger partial charge in [-0.05, 0) is 37.3 Å². The van der Waals surface area contributed by atoms with E-state index in [1.165, 1.54) is 8.61 Å². The van der Waals surface area contributed by atoms with Gasteiger partial charge in [0.25, 0.3) is 10.2 Å². The molecule has 22 heavy (non-hydrogen) atoms. The highest BCUT2D eigenvalue weighted by atomic mass is 35.5. The van der Waals surface area contributed by atoms with Gasteiger partial charge in [-0.3, -0.25) is 0 Å². The molecule has 1 aromatic carbocycles. The molecule has 1 saturated carbocycles. The van der Waals surface area contributed by atoms with Crippen molar-refractivity contribution in [3.8, 4) is 0 Å². The first kappa shape index (κ1) is 19.4. The molecule has 0 bridgehead atoms. The molecular weight excluding hydrogens is 322 g/mol. The Hall–Kier alpha value is -0.660. The number of nitrogens with two attached hydrogens (primary N) is 1. The van der Waals surface area contributed by atoms with Crippen molar-refractivity contribution in [1.29, 1.82) is 0 Å². The Balaban J connectivity index is 0.00000242. The van der Waals surface area contributed by atoms with Crippen LogP contribution in [0.5, 0.6) is 0 Å². The van der Waals surface area contributed by atoms with Crippen LogP contribution < -0.4 is 5.73 Å². The Kier molecular flexibility index (Phi) is 7.79. The van der Waals surface area contributed by atoms with Gasteiger partial charge >= 0.3 is 0 Å². The Morgan fingerprint density at radius 1 is 1.23 bits per heavy atom. The third kappa shape index (κ3) is 5.52. The molecule has 1 fully saturated rings. The third-order valence-corrected chi connectivity index (χ3v) is 5.65. The Morgan fingerprint density at radius 3 is 2.41 bits per heavy atom. The molecule has 0 heterocycles. The van der Waals surface area contributed by atoms with Gasteiger partial charge in [0.05, 0.1) is 0 Å². The first-order valence-corrected chi connectivity index (χ1v) is 8.89. The minimum absolute atomic E-state index is 0. The first-order valence-electron chi connectivity index (χ1n) is 7.49. The standard InChI is InChI=1S/C15H25N3O2S.ClH/c1-17(12-15-8-9-15)21(19,20)18(11-5-10-16)13-14-6-3-2-4-7-14;/h2-4,6-7,15H,5,8-13,16H2,1H3;1H. The highest BCUT2D eigenvalue weighted by Gasteiger charge is 2.31. The largest absolute Gasteiger partial charge is 0.330 e. The van der Waals surface area contributed by atoms with E-state index < -0.39 is 10.2 Å². The van der Waals surface area contributed by atoms with Gasteiger partial charge in [-0.15, -0.1) is 12.4 Å². The van der Waals surface area contributed by atoms with Crippen LogP contribution in [0, 0.1) is 5.92 Å². The minimum atomic E-state index is -3.42. The number of nitrogens with zero attached hydrogens (tertiary/aromatic N) is 2. The van der Waals surface area contributed by atoms with Crippen molar-refractivity contribution in [3.05, 3.63) is 35.9 Å². The molecule has 0 aliphatic heterocycles. The second-order valence-corrected chi connectivity index (χ2v) is 7.73. The monoisotopic (exact) mass is 347 g/mol. The van der Waals surface area contributed by atoms with E-state index in [4.69, 9.17) is 5.73 Å². The average molecular weight is 348 g/mol. The Morgan fingerprint density at radius 2 is 1.86 bits per heavy atom. The van der Waals surface area contributed by atoms with E-state index in [9.17, 15) is 8.42 Å². The van der Waals surface area contributed by atoms with Crippen LogP contribution in [-0.2, 0) is 16.8 Å². The Bertz CT molecular complexity index is 535. The van der Waals surface area contributed by atoms with E-state index in [-0.39, 0.29) is 12.4 Å². The van der Waals surface area contributed by atoms with Crippen molar-refractivity contribution < 1.29 is 8.42 Å². The molecule has 2 rings (SSSR count). The van der Waals surface area contributed by atoms with E-state index in [1.807, 2.05) is 30.3 Å². The molecule has 0 aromatic heterocycles. The maximum Gasteiger partial charge on any atom is 0.282 e. The van der Waals surface area contributed by atoms with Gasteiger partial charge in [0, 0.05) is 26.7 Å². The molecular formula is C15H26ClN3O2S. The summed E-state index contributed by atoms with van der Waals surface area (Å²) >= 11 is 0. The van der Waals surface area contributed by atoms with Gasteiger partial charge in [-0.1, -0.05) is 30.3 Å². The van der Waals surface area contributed by atoms with Gasteiger partial charge in [0.1, 0.15) is 0 Å². The molecule has 0 atom stereocenters. The first-order chi connectivity index (χ1) is 10.0. The molecule has 0 saturated heterocycles. The lowest BCUT2D eigenvalue weighted by atomic mass is 10.2. The molecule has 5 nitrogen and oxygen atoms in total. The predicted octanol–water partition coefficient (Wildman–Crippen LogP) is 1.85. The summed E-state index contributed by atoms with van der Waals surface area (Å²) in [5.74, 6) is 0.540. The minimum Gasteiger partial charge on any atom is -0.330 e. The van der Waals surface area contributed by atoms with Crippen molar-refractivity contribution in [2.24, 2.45) is 11.7 Å². The second-order valence-electron chi connectivity index (χ2n) is 5.69. The predicted molar refractivity (Wildman–Crippen MR) is 92.0 cm³/mol. The van der Waals surface area contributed by atoms with Crippen molar-refractivity contribution in [1.82, 2.24) is 8.61 Å². The number of halogens is 1. The Labute approximate surface area is 140 Å². The molecule has 126 valence electrons. The molecule has 1 aromatic rings. The number of rotatable bonds is 9. The van der Waals surface area contributed by atoms with Crippen molar-refractivity contribution >= 4 is 22.6 Å². The van der Waals surface area contributed by atoms with Crippen molar-refractivity contribution in [2.75, 3.05) is 26.7 Å². The van der Waals surface area contributed by atoms with Crippen LogP contribution in [0.15, 0.2) is 30.3 Å². The van der Waals surface area contributed by atoms with E-state index in [0.29, 0.717) is 38.5 Å². The van der Waals surface area contributed by atoms with Gasteiger partial charge in [-0.25, -0.2) is 0 Å². The van der Waals surface area contributed by atoms with Crippen LogP contribution in [-0.4, -0.2) is 43.7 Å².